The first-order chi connectivity index (χ1) is 15.1. The van der Waals surface area contributed by atoms with E-state index in [4.69, 9.17) is 23.3 Å². The molecule has 198 valence electrons. The van der Waals surface area contributed by atoms with Crippen molar-refractivity contribution in [3.8, 4) is 0 Å². The van der Waals surface area contributed by atoms with Gasteiger partial charge in [0.1, 0.15) is 36.6 Å². The topological polar surface area (TPSA) is 228 Å². The highest BCUT2D eigenvalue weighted by molar-refractivity contribution is 7.47. The Hall–Kier alpha value is 0.210. The Kier molecular flexibility index (Phi) is 12.8. The molecule has 0 aromatic heterocycles. The van der Waals surface area contributed by atoms with E-state index in [2.05, 4.69) is 4.52 Å². The van der Waals surface area contributed by atoms with Crippen LogP contribution in [0.3, 0.4) is 0 Å². The molecule has 15 nitrogen and oxygen atoms in total. The standard InChI is InChI=1S/C15H33O15P3/c1-4-7-25-10-11(26-8-5-2)13(28-31(16,17)18)15(30-33(22,23)24)14(29-32(19,20)21)12(10)27-9-6-3/h10-15H,4-9H2,1-3H3,(H2,16,17,18)(H2,19,20,21)(H2,22,23,24). The van der Waals surface area contributed by atoms with Crippen LogP contribution in [0.4, 0.5) is 0 Å². The number of phosphoric ester groups is 3. The summed E-state index contributed by atoms with van der Waals surface area (Å²) in [6.07, 6.45) is -8.80. The van der Waals surface area contributed by atoms with Crippen LogP contribution in [0.25, 0.3) is 0 Å². The molecular weight excluding hydrogens is 513 g/mol. The average molecular weight is 546 g/mol. The van der Waals surface area contributed by atoms with Gasteiger partial charge in [-0.15, -0.1) is 0 Å². The van der Waals surface area contributed by atoms with Crippen LogP contribution in [0.2, 0.25) is 0 Å². The van der Waals surface area contributed by atoms with Gasteiger partial charge >= 0.3 is 23.5 Å². The lowest BCUT2D eigenvalue weighted by Crippen LogP contribution is -2.67. The number of phosphoric acid groups is 3. The molecule has 1 saturated carbocycles. The highest BCUT2D eigenvalue weighted by Gasteiger charge is 2.59. The minimum absolute atomic E-state index is 0.0187. The van der Waals surface area contributed by atoms with Gasteiger partial charge in [-0.05, 0) is 19.3 Å². The van der Waals surface area contributed by atoms with E-state index in [1.807, 2.05) is 0 Å². The van der Waals surface area contributed by atoms with Crippen molar-refractivity contribution in [2.24, 2.45) is 0 Å². The van der Waals surface area contributed by atoms with Gasteiger partial charge in [-0.25, -0.2) is 13.7 Å². The quantitative estimate of drug-likeness (QED) is 0.156. The van der Waals surface area contributed by atoms with Crippen LogP contribution in [0.5, 0.6) is 0 Å². The van der Waals surface area contributed by atoms with Crippen LogP contribution < -0.4 is 0 Å². The second-order valence-corrected chi connectivity index (χ2v) is 10.8. The summed E-state index contributed by atoms with van der Waals surface area (Å²) in [7, 11) is -16.1. The van der Waals surface area contributed by atoms with Gasteiger partial charge in [0.05, 0.1) is 0 Å². The number of rotatable bonds is 15. The van der Waals surface area contributed by atoms with Gasteiger partial charge < -0.3 is 43.6 Å². The molecule has 6 N–H and O–H groups in total. The maximum atomic E-state index is 11.7. The molecule has 1 rings (SSSR count). The lowest BCUT2D eigenvalue weighted by molar-refractivity contribution is -0.247. The minimum atomic E-state index is -5.40. The molecule has 4 unspecified atom stereocenters. The molecule has 1 fully saturated rings. The highest BCUT2D eigenvalue weighted by atomic mass is 31.2. The van der Waals surface area contributed by atoms with Gasteiger partial charge in [-0.1, -0.05) is 20.8 Å². The molecule has 0 aliphatic heterocycles. The summed E-state index contributed by atoms with van der Waals surface area (Å²) in [6, 6.07) is 0. The van der Waals surface area contributed by atoms with Crippen molar-refractivity contribution in [3.63, 3.8) is 0 Å². The maximum absolute atomic E-state index is 11.7. The van der Waals surface area contributed by atoms with Crippen molar-refractivity contribution >= 4 is 23.5 Å². The van der Waals surface area contributed by atoms with E-state index in [1.54, 1.807) is 20.8 Å². The lowest BCUT2D eigenvalue weighted by Gasteiger charge is -2.49. The smallest absolute Gasteiger partial charge is 0.373 e. The molecule has 1 aliphatic carbocycles. The Balaban J connectivity index is 3.68. The van der Waals surface area contributed by atoms with Crippen molar-refractivity contribution in [2.45, 2.75) is 76.7 Å². The second-order valence-electron chi connectivity index (χ2n) is 7.19. The van der Waals surface area contributed by atoms with E-state index >= 15 is 0 Å². The molecule has 4 atom stereocenters. The predicted octanol–water partition coefficient (Wildman–Crippen LogP) is 0.819. The van der Waals surface area contributed by atoms with Crippen LogP contribution in [-0.2, 0) is 41.5 Å². The van der Waals surface area contributed by atoms with Crippen molar-refractivity contribution in [2.75, 3.05) is 19.8 Å². The lowest BCUT2D eigenvalue weighted by atomic mass is 9.84. The third kappa shape index (κ3) is 11.2. The third-order valence-corrected chi connectivity index (χ3v) is 5.82. The molecule has 1 aliphatic rings. The summed E-state index contributed by atoms with van der Waals surface area (Å²) in [5.74, 6) is 0. The zero-order chi connectivity index (χ0) is 25.4. The Bertz CT molecular complexity index is 673. The predicted molar refractivity (Wildman–Crippen MR) is 111 cm³/mol. The summed E-state index contributed by atoms with van der Waals surface area (Å²) in [6.45, 7) is 5.35. The summed E-state index contributed by atoms with van der Waals surface area (Å²) in [5, 5.41) is 0. The molecule has 0 amide bonds. The van der Waals surface area contributed by atoms with E-state index in [0.717, 1.165) is 0 Å². The first-order valence-electron chi connectivity index (χ1n) is 10.2. The van der Waals surface area contributed by atoms with Crippen molar-refractivity contribution in [3.05, 3.63) is 0 Å². The number of hydrogen-bond donors (Lipinski definition) is 6. The fourth-order valence-electron chi connectivity index (χ4n) is 3.29. The number of ether oxygens (including phenoxy) is 3. The van der Waals surface area contributed by atoms with Crippen LogP contribution >= 0.6 is 23.5 Å². The van der Waals surface area contributed by atoms with Gasteiger partial charge in [0.2, 0.25) is 0 Å². The Morgan fingerprint density at radius 2 is 0.697 bits per heavy atom. The number of hydrogen-bond acceptors (Lipinski definition) is 9. The van der Waals surface area contributed by atoms with Crippen LogP contribution in [-0.4, -0.2) is 85.8 Å². The maximum Gasteiger partial charge on any atom is 0.470 e. The first kappa shape index (κ1) is 31.2. The van der Waals surface area contributed by atoms with Gasteiger partial charge in [0.15, 0.2) is 0 Å². The van der Waals surface area contributed by atoms with E-state index in [-0.39, 0.29) is 19.8 Å². The summed E-state index contributed by atoms with van der Waals surface area (Å²) in [4.78, 5) is 56.6. The summed E-state index contributed by atoms with van der Waals surface area (Å²) in [5.41, 5.74) is 0. The van der Waals surface area contributed by atoms with E-state index in [1.165, 1.54) is 0 Å². The SMILES string of the molecule is CCCOC1C(OCCC)C(OP(=O)(O)O)C(OP(=O)(O)O)C(OP(=O)(O)O)C1OCCC. The molecular formula is C15H33O15P3. The van der Waals surface area contributed by atoms with Crippen LogP contribution in [0, 0.1) is 0 Å². The van der Waals surface area contributed by atoms with Crippen molar-refractivity contribution in [1.29, 1.82) is 0 Å². The molecule has 0 aromatic rings. The van der Waals surface area contributed by atoms with Crippen LogP contribution in [0.1, 0.15) is 40.0 Å². The van der Waals surface area contributed by atoms with E-state index in [0.29, 0.717) is 19.3 Å². The summed E-state index contributed by atoms with van der Waals surface area (Å²) < 4.78 is 66.4. The van der Waals surface area contributed by atoms with Gasteiger partial charge in [0, 0.05) is 19.8 Å². The fourth-order valence-corrected chi connectivity index (χ4v) is 4.96. The summed E-state index contributed by atoms with van der Waals surface area (Å²) >= 11 is 0. The average Bonchev–Trinajstić information content (AvgIpc) is 2.64. The zero-order valence-electron chi connectivity index (χ0n) is 18.4. The monoisotopic (exact) mass is 546 g/mol. The van der Waals surface area contributed by atoms with Crippen LogP contribution in [0.15, 0.2) is 0 Å². The Morgan fingerprint density at radius 1 is 0.485 bits per heavy atom. The molecule has 0 spiro atoms. The Morgan fingerprint density at radius 3 is 0.909 bits per heavy atom. The first-order valence-corrected chi connectivity index (χ1v) is 14.8. The molecule has 18 heteroatoms. The second kappa shape index (κ2) is 13.5. The third-order valence-electron chi connectivity index (χ3n) is 4.26. The van der Waals surface area contributed by atoms with Crippen molar-refractivity contribution in [1.82, 2.24) is 0 Å². The van der Waals surface area contributed by atoms with Gasteiger partial charge in [0.25, 0.3) is 0 Å². The van der Waals surface area contributed by atoms with Gasteiger partial charge in [-0.3, -0.25) is 13.6 Å². The minimum Gasteiger partial charge on any atom is -0.373 e. The molecule has 33 heavy (non-hydrogen) atoms. The van der Waals surface area contributed by atoms with Gasteiger partial charge in [-0.2, -0.15) is 0 Å². The fraction of sp³-hybridized carbons (Fsp3) is 1.00. The molecule has 0 heterocycles. The Labute approximate surface area is 191 Å². The molecule has 0 aromatic carbocycles. The molecule has 0 bridgehead atoms. The molecule has 0 radical (unpaired) electrons. The van der Waals surface area contributed by atoms with E-state index in [9.17, 15) is 43.1 Å². The normalized spacial score (nSPS) is 29.4. The highest BCUT2D eigenvalue weighted by Crippen LogP contribution is 2.51. The molecule has 0 saturated heterocycles. The largest absolute Gasteiger partial charge is 0.470 e. The van der Waals surface area contributed by atoms with Crippen molar-refractivity contribution < 1.29 is 70.8 Å². The zero-order valence-corrected chi connectivity index (χ0v) is 21.1. The van der Waals surface area contributed by atoms with E-state index < -0.39 is 60.1 Å².